The summed E-state index contributed by atoms with van der Waals surface area (Å²) < 4.78 is 14.3. The summed E-state index contributed by atoms with van der Waals surface area (Å²) >= 11 is 0. The molecule has 5 heterocycles. The molecule has 2 atom stereocenters. The van der Waals surface area contributed by atoms with Gasteiger partial charge in [0.15, 0.2) is 0 Å². The molecule has 1 amide bonds. The van der Waals surface area contributed by atoms with Gasteiger partial charge in [0.05, 0.1) is 24.2 Å². The van der Waals surface area contributed by atoms with Gasteiger partial charge >= 0.3 is 0 Å². The molecule has 0 saturated carbocycles. The molecule has 3 fully saturated rings. The first-order chi connectivity index (χ1) is 20.5. The highest BCUT2D eigenvalue weighted by atomic mass is 19.1. The number of aryl methyl sites for hydroxylation is 1. The number of piperazine rings is 1. The Bertz CT molecular complexity index is 1410. The number of fused-ring (bicyclic) bond motifs is 2. The zero-order chi connectivity index (χ0) is 28.8. The van der Waals surface area contributed by atoms with Gasteiger partial charge in [-0.3, -0.25) is 9.69 Å². The van der Waals surface area contributed by atoms with Crippen LogP contribution in [0.2, 0.25) is 0 Å². The number of nitriles is 1. The largest absolute Gasteiger partial charge is 0.368 e. The molecule has 5 aliphatic rings. The second-order valence-electron chi connectivity index (χ2n) is 12.4. The van der Waals surface area contributed by atoms with Crippen LogP contribution in [0.15, 0.2) is 30.9 Å². The van der Waals surface area contributed by atoms with Gasteiger partial charge in [-0.05, 0) is 69.0 Å². The molecule has 7 rings (SSSR count). The Hall–Kier alpha value is -3.71. The first-order valence-electron chi connectivity index (χ1n) is 15.5. The molecule has 0 spiro atoms. The van der Waals surface area contributed by atoms with E-state index in [1.807, 2.05) is 6.07 Å². The highest BCUT2D eigenvalue weighted by Crippen LogP contribution is 2.38. The zero-order valence-corrected chi connectivity index (χ0v) is 24.2. The van der Waals surface area contributed by atoms with Gasteiger partial charge < -0.3 is 19.6 Å². The molecular formula is C32H39FN8O. The monoisotopic (exact) mass is 570 g/mol. The van der Waals surface area contributed by atoms with Crippen molar-refractivity contribution in [1.29, 1.82) is 5.26 Å². The fourth-order valence-corrected chi connectivity index (χ4v) is 7.48. The normalized spacial score (nSPS) is 24.3. The molecule has 2 aromatic rings. The Labute approximate surface area is 247 Å². The fraction of sp³-hybridized carbons (Fsp3) is 0.562. The molecule has 0 radical (unpaired) electrons. The van der Waals surface area contributed by atoms with E-state index in [9.17, 15) is 14.4 Å². The van der Waals surface area contributed by atoms with E-state index in [4.69, 9.17) is 9.97 Å². The molecule has 10 heteroatoms. The lowest BCUT2D eigenvalue weighted by atomic mass is 9.88. The minimum Gasteiger partial charge on any atom is -0.368 e. The number of rotatable bonds is 6. The molecule has 9 nitrogen and oxygen atoms in total. The molecule has 1 aromatic carbocycles. The highest BCUT2D eigenvalue weighted by Gasteiger charge is 2.39. The Morgan fingerprint density at radius 2 is 1.90 bits per heavy atom. The molecule has 220 valence electrons. The number of anilines is 3. The molecule has 0 N–H and O–H groups in total. The summed E-state index contributed by atoms with van der Waals surface area (Å²) in [5.41, 5.74) is 4.53. The summed E-state index contributed by atoms with van der Waals surface area (Å²) in [4.78, 5) is 34.2. The maximum atomic E-state index is 14.3. The van der Waals surface area contributed by atoms with Gasteiger partial charge in [0.1, 0.15) is 11.6 Å². The van der Waals surface area contributed by atoms with Crippen molar-refractivity contribution in [3.8, 4) is 6.07 Å². The molecule has 4 aliphatic heterocycles. The van der Waals surface area contributed by atoms with Crippen LogP contribution in [-0.2, 0) is 24.1 Å². The van der Waals surface area contributed by atoms with Crippen molar-refractivity contribution in [1.82, 2.24) is 19.8 Å². The smallest absolute Gasteiger partial charge is 0.246 e. The number of halogens is 1. The van der Waals surface area contributed by atoms with Gasteiger partial charge in [-0.2, -0.15) is 10.2 Å². The van der Waals surface area contributed by atoms with E-state index in [1.165, 1.54) is 36.7 Å². The van der Waals surface area contributed by atoms with Gasteiger partial charge in [-0.15, -0.1) is 0 Å². The number of amides is 1. The van der Waals surface area contributed by atoms with Crippen LogP contribution in [0.5, 0.6) is 0 Å². The van der Waals surface area contributed by atoms with E-state index in [-0.39, 0.29) is 30.2 Å². The fourth-order valence-electron chi connectivity index (χ4n) is 7.48. The van der Waals surface area contributed by atoms with Crippen LogP contribution in [0.4, 0.5) is 21.8 Å². The summed E-state index contributed by atoms with van der Waals surface area (Å²) in [5, 5.41) is 9.53. The topological polar surface area (TPSA) is 82.8 Å². The van der Waals surface area contributed by atoms with Gasteiger partial charge in [0.2, 0.25) is 11.9 Å². The third kappa shape index (κ3) is 4.87. The van der Waals surface area contributed by atoms with Gasteiger partial charge in [-0.25, -0.2) is 9.37 Å². The number of hydrogen-bond acceptors (Lipinski definition) is 8. The maximum absolute atomic E-state index is 14.3. The number of aromatic nitrogens is 2. The number of nitrogens with zero attached hydrogens (tertiary/aromatic N) is 8. The number of likely N-dealkylation sites (tertiary alicyclic amines) is 1. The van der Waals surface area contributed by atoms with Crippen LogP contribution in [0, 0.1) is 17.1 Å². The second-order valence-corrected chi connectivity index (χ2v) is 12.4. The lowest BCUT2D eigenvalue weighted by Crippen LogP contribution is -2.63. The number of carbonyl (C=O) groups excluding carboxylic acids is 1. The summed E-state index contributed by atoms with van der Waals surface area (Å²) in [6.07, 6.45) is 7.56. The van der Waals surface area contributed by atoms with Crippen molar-refractivity contribution in [3.63, 3.8) is 0 Å². The van der Waals surface area contributed by atoms with Crippen molar-refractivity contribution >= 4 is 23.4 Å². The first kappa shape index (κ1) is 27.1. The average molecular weight is 571 g/mol. The molecule has 1 aromatic heterocycles. The quantitative estimate of drug-likeness (QED) is 0.491. The summed E-state index contributed by atoms with van der Waals surface area (Å²) in [6.45, 7) is 10.6. The molecular weight excluding hydrogens is 531 g/mol. The molecule has 2 unspecified atom stereocenters. The second kappa shape index (κ2) is 11.2. The van der Waals surface area contributed by atoms with Crippen molar-refractivity contribution in [2.75, 3.05) is 67.1 Å². The third-order valence-electron chi connectivity index (χ3n) is 9.98. The molecule has 3 saturated heterocycles. The highest BCUT2D eigenvalue weighted by molar-refractivity contribution is 5.87. The van der Waals surface area contributed by atoms with Crippen molar-refractivity contribution in [3.05, 3.63) is 53.5 Å². The first-order valence-corrected chi connectivity index (χ1v) is 15.5. The van der Waals surface area contributed by atoms with Crippen LogP contribution in [0.1, 0.15) is 42.5 Å². The predicted molar refractivity (Wildman–Crippen MR) is 160 cm³/mol. The lowest BCUT2D eigenvalue weighted by Gasteiger charge is -2.49. The van der Waals surface area contributed by atoms with Gasteiger partial charge in [0.25, 0.3) is 0 Å². The van der Waals surface area contributed by atoms with Gasteiger partial charge in [-0.1, -0.05) is 12.6 Å². The molecule has 1 aliphatic carbocycles. The van der Waals surface area contributed by atoms with E-state index in [1.54, 1.807) is 17.0 Å². The number of benzene rings is 1. The van der Waals surface area contributed by atoms with Crippen molar-refractivity contribution < 1.29 is 9.18 Å². The van der Waals surface area contributed by atoms with Gasteiger partial charge in [0, 0.05) is 69.0 Å². The van der Waals surface area contributed by atoms with E-state index in [2.05, 4.69) is 32.2 Å². The maximum Gasteiger partial charge on any atom is 0.246 e. The summed E-state index contributed by atoms with van der Waals surface area (Å²) in [5.74, 6) is 1.44. The van der Waals surface area contributed by atoms with E-state index in [0.29, 0.717) is 25.7 Å². The SMILES string of the molecule is C=CC(=O)N1CCN(c2nc(N3CC(N4CCC4)C3)nc3c2CCC(N2CCCc4ccc(F)cc42)C3)CC1CC#N. The van der Waals surface area contributed by atoms with E-state index < -0.39 is 0 Å². The molecule has 42 heavy (non-hydrogen) atoms. The van der Waals surface area contributed by atoms with E-state index >= 15 is 0 Å². The summed E-state index contributed by atoms with van der Waals surface area (Å²) in [7, 11) is 0. The Morgan fingerprint density at radius 1 is 1.05 bits per heavy atom. The predicted octanol–water partition coefficient (Wildman–Crippen LogP) is 2.94. The van der Waals surface area contributed by atoms with Crippen molar-refractivity contribution in [2.45, 2.75) is 63.1 Å². The Kier molecular flexibility index (Phi) is 7.22. The minimum atomic E-state index is -0.209. The van der Waals surface area contributed by atoms with Crippen LogP contribution in [0.3, 0.4) is 0 Å². The van der Waals surface area contributed by atoms with Crippen LogP contribution < -0.4 is 14.7 Å². The third-order valence-corrected chi connectivity index (χ3v) is 9.98. The van der Waals surface area contributed by atoms with Crippen LogP contribution >= 0.6 is 0 Å². The van der Waals surface area contributed by atoms with Crippen molar-refractivity contribution in [2.24, 2.45) is 0 Å². The summed E-state index contributed by atoms with van der Waals surface area (Å²) in [6, 6.07) is 8.12. The van der Waals surface area contributed by atoms with E-state index in [0.717, 1.165) is 74.9 Å². The lowest BCUT2D eigenvalue weighted by molar-refractivity contribution is -0.128. The average Bonchev–Trinajstić information content (AvgIpc) is 2.96. The standard InChI is InChI=1S/C32H39FN8O/c1-2-30(42)41-16-15-38(19-25(41)10-11-34)31-27-9-8-24(40-14-3-5-22-6-7-23(33)17-29(22)40)18-28(27)35-32(36-31)39-20-26(21-39)37-12-4-13-37/h2,6-7,17,24-26H,1,3-5,8-10,12-16,18-21H2. The number of carbonyl (C=O) groups is 1. The zero-order valence-electron chi connectivity index (χ0n) is 24.2. The Balaban J connectivity index is 1.19. The Morgan fingerprint density at radius 3 is 2.67 bits per heavy atom. The number of hydrogen-bond donors (Lipinski definition) is 0. The van der Waals surface area contributed by atoms with Crippen LogP contribution in [-0.4, -0.2) is 96.2 Å². The minimum absolute atomic E-state index is 0.126. The van der Waals surface area contributed by atoms with Crippen LogP contribution in [0.25, 0.3) is 0 Å². The molecule has 0 bridgehead atoms.